The van der Waals surface area contributed by atoms with E-state index in [1.165, 1.54) is 0 Å². The van der Waals surface area contributed by atoms with Gasteiger partial charge in [0.05, 0.1) is 11.2 Å². The molecule has 0 amide bonds. The summed E-state index contributed by atoms with van der Waals surface area (Å²) in [6.45, 7) is 2.04. The summed E-state index contributed by atoms with van der Waals surface area (Å²) in [7, 11) is 0. The molecule has 1 aromatic heterocycles. The maximum Gasteiger partial charge on any atom is 0.0710 e. The maximum absolute atomic E-state index is 5.88. The van der Waals surface area contributed by atoms with Crippen molar-refractivity contribution in [2.75, 3.05) is 5.73 Å². The number of para-hydroxylation sites is 1. The van der Waals surface area contributed by atoms with Gasteiger partial charge in [0, 0.05) is 16.6 Å². The van der Waals surface area contributed by atoms with Gasteiger partial charge in [0.25, 0.3) is 0 Å². The van der Waals surface area contributed by atoms with Crippen LogP contribution in [0.3, 0.4) is 0 Å². The number of hydrogen-bond acceptors (Lipinski definition) is 2. The van der Waals surface area contributed by atoms with Gasteiger partial charge in [0.1, 0.15) is 0 Å². The Kier molecular flexibility index (Phi) is 2.49. The Hall–Kier alpha value is -2.35. The van der Waals surface area contributed by atoms with Gasteiger partial charge in [-0.2, -0.15) is 0 Å². The normalized spacial score (nSPS) is 10.7. The van der Waals surface area contributed by atoms with Crippen LogP contribution in [0.4, 0.5) is 5.69 Å². The third-order valence-corrected chi connectivity index (χ3v) is 2.99. The quantitative estimate of drug-likeness (QED) is 0.650. The number of nitrogen functional groups attached to an aromatic ring is 1. The van der Waals surface area contributed by atoms with Gasteiger partial charge in [0.2, 0.25) is 0 Å². The van der Waals surface area contributed by atoms with Crippen molar-refractivity contribution in [3.05, 3.63) is 60.2 Å². The first-order valence-electron chi connectivity index (χ1n) is 5.96. The number of pyridine rings is 1. The molecule has 0 spiro atoms. The van der Waals surface area contributed by atoms with Gasteiger partial charge in [-0.15, -0.1) is 0 Å². The lowest BCUT2D eigenvalue weighted by molar-refractivity contribution is 1.38. The molecule has 0 saturated carbocycles. The SMILES string of the molecule is Cc1cc(N)cc(-c2ccc3ccccc3n2)c1. The summed E-state index contributed by atoms with van der Waals surface area (Å²) >= 11 is 0. The van der Waals surface area contributed by atoms with Gasteiger partial charge in [-0.1, -0.05) is 24.3 Å². The van der Waals surface area contributed by atoms with Crippen LogP contribution in [0.5, 0.6) is 0 Å². The maximum atomic E-state index is 5.88. The number of benzene rings is 2. The van der Waals surface area contributed by atoms with Crippen LogP contribution in [0.2, 0.25) is 0 Å². The van der Waals surface area contributed by atoms with Crippen molar-refractivity contribution in [2.24, 2.45) is 0 Å². The highest BCUT2D eigenvalue weighted by Gasteiger charge is 2.02. The van der Waals surface area contributed by atoms with Crippen LogP contribution < -0.4 is 5.73 Å². The molecule has 0 saturated heterocycles. The Morgan fingerprint density at radius 3 is 2.61 bits per heavy atom. The molecule has 3 aromatic rings. The minimum absolute atomic E-state index is 0.778. The molecule has 0 fully saturated rings. The Balaban J connectivity index is 2.19. The zero-order valence-corrected chi connectivity index (χ0v) is 10.2. The molecule has 1 heterocycles. The highest BCUT2D eigenvalue weighted by Crippen LogP contribution is 2.24. The number of nitrogens with two attached hydrogens (primary N) is 1. The van der Waals surface area contributed by atoms with E-state index in [9.17, 15) is 0 Å². The van der Waals surface area contributed by atoms with E-state index in [1.807, 2.05) is 43.3 Å². The first kappa shape index (κ1) is 10.8. The number of hydrogen-bond donors (Lipinski definition) is 1. The summed E-state index contributed by atoms with van der Waals surface area (Å²) in [6, 6.07) is 18.3. The number of rotatable bonds is 1. The lowest BCUT2D eigenvalue weighted by atomic mass is 10.1. The van der Waals surface area contributed by atoms with Gasteiger partial charge in [-0.05, 0) is 42.8 Å². The van der Waals surface area contributed by atoms with Crippen LogP contribution in [0.15, 0.2) is 54.6 Å². The van der Waals surface area contributed by atoms with Crippen molar-refractivity contribution in [1.82, 2.24) is 4.98 Å². The molecule has 0 atom stereocenters. The van der Waals surface area contributed by atoms with E-state index >= 15 is 0 Å². The number of aryl methyl sites for hydroxylation is 1. The number of fused-ring (bicyclic) bond motifs is 1. The minimum Gasteiger partial charge on any atom is -0.399 e. The van der Waals surface area contributed by atoms with Crippen LogP contribution >= 0.6 is 0 Å². The lowest BCUT2D eigenvalue weighted by Gasteiger charge is -2.05. The standard InChI is InChI=1S/C16H14N2/c1-11-8-13(10-14(17)9-11)16-7-6-12-4-2-3-5-15(12)18-16/h2-10H,17H2,1H3. The fourth-order valence-corrected chi connectivity index (χ4v) is 2.19. The molecule has 88 valence electrons. The number of anilines is 1. The molecule has 0 unspecified atom stereocenters. The average molecular weight is 234 g/mol. The monoisotopic (exact) mass is 234 g/mol. The van der Waals surface area contributed by atoms with E-state index in [2.05, 4.69) is 23.2 Å². The molecular weight excluding hydrogens is 220 g/mol. The minimum atomic E-state index is 0.778. The third-order valence-electron chi connectivity index (χ3n) is 2.99. The third kappa shape index (κ3) is 1.93. The van der Waals surface area contributed by atoms with E-state index < -0.39 is 0 Å². The first-order chi connectivity index (χ1) is 8.72. The summed E-state index contributed by atoms with van der Waals surface area (Å²) in [6.07, 6.45) is 0. The zero-order valence-electron chi connectivity index (χ0n) is 10.2. The van der Waals surface area contributed by atoms with Crippen molar-refractivity contribution in [3.63, 3.8) is 0 Å². The van der Waals surface area contributed by atoms with E-state index in [0.717, 1.165) is 33.4 Å². The van der Waals surface area contributed by atoms with E-state index in [1.54, 1.807) is 0 Å². The van der Waals surface area contributed by atoms with Crippen LogP contribution in [0.1, 0.15) is 5.56 Å². The molecule has 0 bridgehead atoms. The molecule has 0 aliphatic carbocycles. The molecule has 18 heavy (non-hydrogen) atoms. The van der Waals surface area contributed by atoms with Crippen LogP contribution in [-0.2, 0) is 0 Å². The smallest absolute Gasteiger partial charge is 0.0710 e. The number of aromatic nitrogens is 1. The second-order valence-electron chi connectivity index (χ2n) is 4.52. The summed E-state index contributed by atoms with van der Waals surface area (Å²) in [5, 5.41) is 1.15. The van der Waals surface area contributed by atoms with Crippen molar-refractivity contribution in [2.45, 2.75) is 6.92 Å². The second-order valence-corrected chi connectivity index (χ2v) is 4.52. The molecule has 0 aliphatic rings. The zero-order chi connectivity index (χ0) is 12.5. The van der Waals surface area contributed by atoms with Crippen LogP contribution in [0.25, 0.3) is 22.2 Å². The van der Waals surface area contributed by atoms with Gasteiger partial charge < -0.3 is 5.73 Å². The molecule has 2 N–H and O–H groups in total. The molecule has 0 aliphatic heterocycles. The average Bonchev–Trinajstić information content (AvgIpc) is 2.37. The van der Waals surface area contributed by atoms with E-state index in [-0.39, 0.29) is 0 Å². The molecule has 2 heteroatoms. The second kappa shape index (κ2) is 4.15. The topological polar surface area (TPSA) is 38.9 Å². The van der Waals surface area contributed by atoms with Crippen LogP contribution in [0, 0.1) is 6.92 Å². The van der Waals surface area contributed by atoms with E-state index in [4.69, 9.17) is 5.73 Å². The Labute approximate surface area is 106 Å². The molecule has 3 rings (SSSR count). The first-order valence-corrected chi connectivity index (χ1v) is 5.96. The summed E-state index contributed by atoms with van der Waals surface area (Å²) < 4.78 is 0. The van der Waals surface area contributed by atoms with Gasteiger partial charge >= 0.3 is 0 Å². The largest absolute Gasteiger partial charge is 0.399 e. The van der Waals surface area contributed by atoms with Crippen molar-refractivity contribution in [3.8, 4) is 11.3 Å². The van der Waals surface area contributed by atoms with Crippen molar-refractivity contribution < 1.29 is 0 Å². The number of nitrogens with zero attached hydrogens (tertiary/aromatic N) is 1. The summed E-state index contributed by atoms with van der Waals surface area (Å²) in [5.74, 6) is 0. The Morgan fingerprint density at radius 2 is 1.78 bits per heavy atom. The Bertz CT molecular complexity index is 697. The predicted octanol–water partition coefficient (Wildman–Crippen LogP) is 3.79. The van der Waals surface area contributed by atoms with Crippen LogP contribution in [-0.4, -0.2) is 4.98 Å². The lowest BCUT2D eigenvalue weighted by Crippen LogP contribution is -1.90. The van der Waals surface area contributed by atoms with E-state index in [0.29, 0.717) is 0 Å². The van der Waals surface area contributed by atoms with Gasteiger partial charge in [-0.25, -0.2) is 4.98 Å². The van der Waals surface area contributed by atoms with Crippen molar-refractivity contribution >= 4 is 16.6 Å². The van der Waals surface area contributed by atoms with Crippen molar-refractivity contribution in [1.29, 1.82) is 0 Å². The highest BCUT2D eigenvalue weighted by molar-refractivity contribution is 5.81. The van der Waals surface area contributed by atoms with Gasteiger partial charge in [-0.3, -0.25) is 0 Å². The molecule has 2 nitrogen and oxygen atoms in total. The summed E-state index contributed by atoms with van der Waals surface area (Å²) in [5.41, 5.74) is 10.9. The fraction of sp³-hybridized carbons (Fsp3) is 0.0625. The summed E-state index contributed by atoms with van der Waals surface area (Å²) in [4.78, 5) is 4.67. The Morgan fingerprint density at radius 1 is 0.944 bits per heavy atom. The highest BCUT2D eigenvalue weighted by atomic mass is 14.7. The molecule has 0 radical (unpaired) electrons. The molecular formula is C16H14N2. The van der Waals surface area contributed by atoms with Gasteiger partial charge in [0.15, 0.2) is 0 Å². The molecule has 2 aromatic carbocycles. The fourth-order valence-electron chi connectivity index (χ4n) is 2.19. The predicted molar refractivity (Wildman–Crippen MR) is 76.3 cm³/mol.